The SMILES string of the molecule is CC(C)(C)OC(=O)N1CC(CO)NC(c2cc(Cl)nc(Br)c2)C1. The van der Waals surface area contributed by atoms with Crippen LogP contribution >= 0.6 is 27.5 Å². The van der Waals surface area contributed by atoms with Crippen molar-refractivity contribution in [1.29, 1.82) is 0 Å². The predicted octanol–water partition coefficient (Wildman–Crippen LogP) is 2.74. The van der Waals surface area contributed by atoms with Gasteiger partial charge in [0, 0.05) is 19.1 Å². The van der Waals surface area contributed by atoms with Crippen LogP contribution in [0.25, 0.3) is 0 Å². The fourth-order valence-electron chi connectivity index (χ4n) is 2.42. The van der Waals surface area contributed by atoms with E-state index in [2.05, 4.69) is 26.2 Å². The summed E-state index contributed by atoms with van der Waals surface area (Å²) in [6.07, 6.45) is -0.387. The summed E-state index contributed by atoms with van der Waals surface area (Å²) in [5, 5.41) is 13.2. The number of hydrogen-bond donors (Lipinski definition) is 2. The van der Waals surface area contributed by atoms with Crippen LogP contribution in [-0.4, -0.2) is 52.4 Å². The third-order valence-electron chi connectivity index (χ3n) is 3.34. The van der Waals surface area contributed by atoms with E-state index in [9.17, 15) is 9.90 Å². The molecule has 1 saturated heterocycles. The summed E-state index contributed by atoms with van der Waals surface area (Å²) < 4.78 is 6.05. The molecule has 1 amide bonds. The lowest BCUT2D eigenvalue weighted by Gasteiger charge is -2.39. The average molecular weight is 407 g/mol. The molecule has 0 spiro atoms. The van der Waals surface area contributed by atoms with Gasteiger partial charge in [0.2, 0.25) is 0 Å². The van der Waals surface area contributed by atoms with Crippen molar-refractivity contribution in [2.45, 2.75) is 38.5 Å². The zero-order valence-corrected chi connectivity index (χ0v) is 15.7. The lowest BCUT2D eigenvalue weighted by atomic mass is 10.0. The number of ether oxygens (including phenoxy) is 1. The quantitative estimate of drug-likeness (QED) is 0.739. The number of halogens is 2. The van der Waals surface area contributed by atoms with E-state index in [1.807, 2.05) is 26.8 Å². The van der Waals surface area contributed by atoms with Gasteiger partial charge in [-0.3, -0.25) is 0 Å². The molecule has 1 fully saturated rings. The molecule has 8 heteroatoms. The van der Waals surface area contributed by atoms with Crippen LogP contribution in [0.1, 0.15) is 32.4 Å². The van der Waals surface area contributed by atoms with Crippen molar-refractivity contribution >= 4 is 33.6 Å². The minimum Gasteiger partial charge on any atom is -0.444 e. The van der Waals surface area contributed by atoms with Crippen LogP contribution < -0.4 is 5.32 Å². The molecule has 0 saturated carbocycles. The van der Waals surface area contributed by atoms with Crippen molar-refractivity contribution in [3.05, 3.63) is 27.5 Å². The Balaban J connectivity index is 2.19. The second-order valence-electron chi connectivity index (χ2n) is 6.53. The first-order chi connectivity index (χ1) is 10.7. The number of hydrogen-bond acceptors (Lipinski definition) is 5. The van der Waals surface area contributed by atoms with E-state index < -0.39 is 5.60 Å². The fourth-order valence-corrected chi connectivity index (χ4v) is 3.20. The molecule has 2 rings (SSSR count). The number of carbonyl (C=O) groups excluding carboxylic acids is 1. The summed E-state index contributed by atoms with van der Waals surface area (Å²) in [5.41, 5.74) is 0.332. The van der Waals surface area contributed by atoms with E-state index in [-0.39, 0.29) is 24.8 Å². The van der Waals surface area contributed by atoms with Crippen LogP contribution in [0, 0.1) is 0 Å². The molecule has 0 radical (unpaired) electrons. The highest BCUT2D eigenvalue weighted by Gasteiger charge is 2.32. The van der Waals surface area contributed by atoms with Gasteiger partial charge in [0.1, 0.15) is 15.4 Å². The molecule has 23 heavy (non-hydrogen) atoms. The Kier molecular flexibility index (Phi) is 5.89. The third kappa shape index (κ3) is 5.31. The fraction of sp³-hybridized carbons (Fsp3) is 0.600. The third-order valence-corrected chi connectivity index (χ3v) is 3.94. The summed E-state index contributed by atoms with van der Waals surface area (Å²) in [7, 11) is 0. The highest BCUT2D eigenvalue weighted by Crippen LogP contribution is 2.25. The maximum absolute atomic E-state index is 12.3. The van der Waals surface area contributed by atoms with Crippen LogP contribution in [0.5, 0.6) is 0 Å². The highest BCUT2D eigenvalue weighted by molar-refractivity contribution is 9.10. The Bertz CT molecular complexity index is 559. The van der Waals surface area contributed by atoms with Crippen LogP contribution in [0.15, 0.2) is 16.7 Å². The first-order valence-corrected chi connectivity index (χ1v) is 8.53. The summed E-state index contributed by atoms with van der Waals surface area (Å²) in [6.45, 7) is 6.23. The number of aromatic nitrogens is 1. The summed E-state index contributed by atoms with van der Waals surface area (Å²) in [5.74, 6) is 0. The van der Waals surface area contributed by atoms with Gasteiger partial charge < -0.3 is 20.1 Å². The summed E-state index contributed by atoms with van der Waals surface area (Å²) >= 11 is 9.32. The topological polar surface area (TPSA) is 74.7 Å². The van der Waals surface area contributed by atoms with Crippen LogP contribution in [0.2, 0.25) is 5.15 Å². The zero-order chi connectivity index (χ0) is 17.2. The second-order valence-corrected chi connectivity index (χ2v) is 7.73. The average Bonchev–Trinajstić information content (AvgIpc) is 2.44. The zero-order valence-electron chi connectivity index (χ0n) is 13.3. The number of nitrogens with one attached hydrogen (secondary N) is 1. The number of nitrogens with zero attached hydrogens (tertiary/aromatic N) is 2. The lowest BCUT2D eigenvalue weighted by Crippen LogP contribution is -2.56. The number of amides is 1. The van der Waals surface area contributed by atoms with Gasteiger partial charge in [-0.1, -0.05) is 11.6 Å². The van der Waals surface area contributed by atoms with Crippen LogP contribution in [0.4, 0.5) is 4.79 Å². The Hall–Kier alpha value is -0.890. The van der Waals surface area contributed by atoms with Crippen LogP contribution in [0.3, 0.4) is 0 Å². The van der Waals surface area contributed by atoms with Gasteiger partial charge in [-0.05, 0) is 54.4 Å². The number of pyridine rings is 1. The Labute approximate surface area is 149 Å². The van der Waals surface area contributed by atoms with E-state index >= 15 is 0 Å². The van der Waals surface area contributed by atoms with E-state index in [0.29, 0.717) is 22.8 Å². The van der Waals surface area contributed by atoms with Gasteiger partial charge in [0.15, 0.2) is 0 Å². The van der Waals surface area contributed by atoms with E-state index in [1.165, 1.54) is 0 Å². The normalized spacial score (nSPS) is 22.1. The van der Waals surface area contributed by atoms with Gasteiger partial charge in [0.05, 0.1) is 12.6 Å². The van der Waals surface area contributed by atoms with Crippen molar-refractivity contribution in [3.8, 4) is 0 Å². The Morgan fingerprint density at radius 1 is 1.52 bits per heavy atom. The Morgan fingerprint density at radius 3 is 2.78 bits per heavy atom. The molecule has 0 aromatic carbocycles. The molecule has 1 aromatic heterocycles. The van der Waals surface area contributed by atoms with Gasteiger partial charge in [-0.25, -0.2) is 9.78 Å². The standard InChI is InChI=1S/C15H21BrClN3O3/c1-15(2,3)23-14(22)20-6-10(8-21)18-11(7-20)9-4-12(16)19-13(17)5-9/h4-5,10-11,18,21H,6-8H2,1-3H3. The number of carbonyl (C=O) groups is 1. The molecule has 1 aliphatic heterocycles. The summed E-state index contributed by atoms with van der Waals surface area (Å²) in [4.78, 5) is 18.0. The predicted molar refractivity (Wildman–Crippen MR) is 91.5 cm³/mol. The molecule has 2 N–H and O–H groups in total. The minimum absolute atomic E-state index is 0.0736. The first-order valence-electron chi connectivity index (χ1n) is 7.36. The number of rotatable bonds is 2. The molecule has 128 valence electrons. The minimum atomic E-state index is -0.560. The maximum Gasteiger partial charge on any atom is 0.410 e. The molecule has 1 aromatic rings. The van der Waals surface area contributed by atoms with Gasteiger partial charge in [-0.15, -0.1) is 0 Å². The number of aliphatic hydroxyl groups excluding tert-OH is 1. The molecular weight excluding hydrogens is 386 g/mol. The second kappa shape index (κ2) is 7.34. The Morgan fingerprint density at radius 2 is 2.22 bits per heavy atom. The van der Waals surface area contributed by atoms with E-state index in [4.69, 9.17) is 16.3 Å². The van der Waals surface area contributed by atoms with Crippen molar-refractivity contribution < 1.29 is 14.6 Å². The van der Waals surface area contributed by atoms with E-state index in [0.717, 1.165) is 5.56 Å². The van der Waals surface area contributed by atoms with Crippen molar-refractivity contribution in [2.24, 2.45) is 0 Å². The van der Waals surface area contributed by atoms with Crippen molar-refractivity contribution in [2.75, 3.05) is 19.7 Å². The van der Waals surface area contributed by atoms with Gasteiger partial charge >= 0.3 is 6.09 Å². The van der Waals surface area contributed by atoms with Crippen molar-refractivity contribution in [3.63, 3.8) is 0 Å². The number of piperazine rings is 1. The molecule has 2 atom stereocenters. The van der Waals surface area contributed by atoms with Gasteiger partial charge in [-0.2, -0.15) is 0 Å². The molecule has 0 aliphatic carbocycles. The smallest absolute Gasteiger partial charge is 0.410 e. The highest BCUT2D eigenvalue weighted by atomic mass is 79.9. The van der Waals surface area contributed by atoms with Crippen molar-refractivity contribution in [1.82, 2.24) is 15.2 Å². The van der Waals surface area contributed by atoms with Crippen LogP contribution in [-0.2, 0) is 4.74 Å². The summed E-state index contributed by atoms with van der Waals surface area (Å²) in [6, 6.07) is 3.20. The molecular formula is C15H21BrClN3O3. The first kappa shape index (κ1) is 18.4. The van der Waals surface area contributed by atoms with E-state index in [1.54, 1.807) is 11.0 Å². The molecule has 2 heterocycles. The molecule has 2 unspecified atom stereocenters. The maximum atomic E-state index is 12.3. The van der Waals surface area contributed by atoms with Gasteiger partial charge in [0.25, 0.3) is 0 Å². The molecule has 6 nitrogen and oxygen atoms in total. The largest absolute Gasteiger partial charge is 0.444 e. The molecule has 0 bridgehead atoms. The molecule has 1 aliphatic rings. The number of aliphatic hydroxyl groups is 1. The lowest BCUT2D eigenvalue weighted by molar-refractivity contribution is 0.0123. The monoisotopic (exact) mass is 405 g/mol.